The highest BCUT2D eigenvalue weighted by atomic mass is 32.2. The van der Waals surface area contributed by atoms with Crippen LogP contribution in [0.2, 0.25) is 0 Å². The van der Waals surface area contributed by atoms with Gasteiger partial charge in [0.2, 0.25) is 5.88 Å². The summed E-state index contributed by atoms with van der Waals surface area (Å²) in [5.41, 5.74) is -2.29. The van der Waals surface area contributed by atoms with Gasteiger partial charge in [0.25, 0.3) is 0 Å². The van der Waals surface area contributed by atoms with Crippen LogP contribution in [0.3, 0.4) is 0 Å². The zero-order valence-electron chi connectivity index (χ0n) is 12.6. The molecule has 0 aliphatic carbocycles. The third-order valence-electron chi connectivity index (χ3n) is 4.73. The quantitative estimate of drug-likeness (QED) is 0.892. The van der Waals surface area contributed by atoms with Gasteiger partial charge in [-0.2, -0.15) is 13.2 Å². The van der Waals surface area contributed by atoms with E-state index >= 15 is 0 Å². The van der Waals surface area contributed by atoms with E-state index in [0.717, 1.165) is 32.4 Å². The first-order chi connectivity index (χ1) is 10.7. The third-order valence-corrected chi connectivity index (χ3v) is 6.85. The average molecular weight is 349 g/mol. The lowest BCUT2D eigenvalue weighted by atomic mass is 9.81. The van der Waals surface area contributed by atoms with E-state index in [1.165, 1.54) is 6.20 Å². The number of fused-ring (bicyclic) bond motifs is 2. The highest BCUT2D eigenvalue weighted by Crippen LogP contribution is 2.46. The number of hydrogen-bond acceptors (Lipinski definition) is 4. The fourth-order valence-electron chi connectivity index (χ4n) is 3.59. The molecule has 4 nitrogen and oxygen atoms in total. The Kier molecular flexibility index (Phi) is 4.16. The van der Waals surface area contributed by atoms with Crippen LogP contribution in [0.4, 0.5) is 13.2 Å². The Morgan fingerprint density at radius 1 is 1.35 bits per heavy atom. The molecule has 0 saturated carbocycles. The maximum atomic E-state index is 13.1. The average Bonchev–Trinajstić information content (AvgIpc) is 2.47. The van der Waals surface area contributed by atoms with Crippen LogP contribution in [0.1, 0.15) is 43.2 Å². The van der Waals surface area contributed by atoms with Crippen molar-refractivity contribution in [1.82, 2.24) is 4.98 Å². The lowest BCUT2D eigenvalue weighted by Gasteiger charge is -2.43. The lowest BCUT2D eigenvalue weighted by molar-refractivity contribution is -0.139. The van der Waals surface area contributed by atoms with Crippen LogP contribution in [-0.2, 0) is 22.6 Å². The van der Waals surface area contributed by atoms with Crippen LogP contribution in [-0.4, -0.2) is 31.9 Å². The van der Waals surface area contributed by atoms with Crippen LogP contribution >= 0.6 is 0 Å². The van der Waals surface area contributed by atoms with Gasteiger partial charge < -0.3 is 9.84 Å². The van der Waals surface area contributed by atoms with Crippen LogP contribution < -0.4 is 4.74 Å². The highest BCUT2D eigenvalue weighted by Gasteiger charge is 2.47. The van der Waals surface area contributed by atoms with Crippen molar-refractivity contribution in [1.29, 1.82) is 0 Å². The molecule has 23 heavy (non-hydrogen) atoms. The Hall–Kier alpha value is -1.15. The number of rotatable bonds is 2. The number of methoxy groups -OCH3 is 1. The molecule has 0 spiro atoms. The maximum Gasteiger partial charge on any atom is 0.421 e. The Balaban J connectivity index is 1.99. The van der Waals surface area contributed by atoms with Gasteiger partial charge in [-0.3, -0.25) is 4.21 Å². The number of pyridine rings is 1. The van der Waals surface area contributed by atoms with Crippen molar-refractivity contribution < 1.29 is 27.2 Å². The zero-order valence-corrected chi connectivity index (χ0v) is 13.4. The van der Waals surface area contributed by atoms with Crippen molar-refractivity contribution in [3.63, 3.8) is 0 Å². The van der Waals surface area contributed by atoms with E-state index in [4.69, 9.17) is 0 Å². The fourth-order valence-corrected chi connectivity index (χ4v) is 5.81. The number of nitrogens with zero attached hydrogens (tertiary/aromatic N) is 1. The molecule has 1 N–H and O–H groups in total. The van der Waals surface area contributed by atoms with Crippen molar-refractivity contribution >= 4 is 10.8 Å². The standard InChI is InChI=1S/C15H18F3NO3S/c1-22-13-12(15(16,17)18)5-9(8-19-13)14(20)6-10-3-2-4-11(7-14)23(10)21/h5,8,10-11,20H,2-4,6-7H2,1H3. The maximum absolute atomic E-state index is 13.1. The smallest absolute Gasteiger partial charge is 0.421 e. The first-order valence-corrected chi connectivity index (χ1v) is 8.76. The number of halogens is 3. The summed E-state index contributed by atoms with van der Waals surface area (Å²) in [7, 11) is 0.113. The lowest BCUT2D eigenvalue weighted by Crippen LogP contribution is -2.47. The summed E-state index contributed by atoms with van der Waals surface area (Å²) in [6.07, 6.45) is -0.535. The van der Waals surface area contributed by atoms with E-state index in [2.05, 4.69) is 9.72 Å². The molecule has 8 heteroatoms. The molecule has 3 rings (SSSR count). The number of hydrogen-bond donors (Lipinski definition) is 1. The van der Waals surface area contributed by atoms with Gasteiger partial charge in [-0.15, -0.1) is 0 Å². The van der Waals surface area contributed by atoms with E-state index in [1.807, 2.05) is 0 Å². The second-order valence-corrected chi connectivity index (χ2v) is 8.21. The second-order valence-electron chi connectivity index (χ2n) is 6.22. The van der Waals surface area contributed by atoms with Gasteiger partial charge >= 0.3 is 6.18 Å². The zero-order chi connectivity index (χ0) is 16.8. The number of alkyl halides is 3. The summed E-state index contributed by atoms with van der Waals surface area (Å²) in [4.78, 5) is 3.72. The summed E-state index contributed by atoms with van der Waals surface area (Å²) in [6, 6.07) is 0.912. The minimum absolute atomic E-state index is 0.124. The molecule has 2 aliphatic rings. The Morgan fingerprint density at radius 3 is 2.48 bits per heavy atom. The molecule has 1 aromatic rings. The summed E-state index contributed by atoms with van der Waals surface area (Å²) < 4.78 is 56.4. The molecule has 2 aliphatic heterocycles. The molecule has 0 aromatic carbocycles. The van der Waals surface area contributed by atoms with Gasteiger partial charge in [-0.05, 0) is 31.7 Å². The predicted octanol–water partition coefficient (Wildman–Crippen LogP) is 2.76. The van der Waals surface area contributed by atoms with Crippen LogP contribution in [0, 0.1) is 0 Å². The molecule has 2 atom stereocenters. The van der Waals surface area contributed by atoms with E-state index in [0.29, 0.717) is 0 Å². The van der Waals surface area contributed by atoms with E-state index in [9.17, 15) is 22.5 Å². The fraction of sp³-hybridized carbons (Fsp3) is 0.667. The van der Waals surface area contributed by atoms with Crippen molar-refractivity contribution in [2.45, 2.75) is 54.4 Å². The Morgan fingerprint density at radius 2 is 1.96 bits per heavy atom. The highest BCUT2D eigenvalue weighted by molar-refractivity contribution is 7.86. The molecular formula is C15H18F3NO3S. The van der Waals surface area contributed by atoms with Gasteiger partial charge in [-0.25, -0.2) is 4.98 Å². The van der Waals surface area contributed by atoms with Crippen molar-refractivity contribution in [3.8, 4) is 5.88 Å². The third kappa shape index (κ3) is 2.98. The number of aliphatic hydroxyl groups is 1. The van der Waals surface area contributed by atoms with Crippen molar-refractivity contribution in [3.05, 3.63) is 23.4 Å². The van der Waals surface area contributed by atoms with Gasteiger partial charge in [0.1, 0.15) is 5.56 Å². The van der Waals surface area contributed by atoms with Crippen LogP contribution in [0.25, 0.3) is 0 Å². The van der Waals surface area contributed by atoms with Crippen LogP contribution in [0.5, 0.6) is 5.88 Å². The van der Waals surface area contributed by atoms with Crippen molar-refractivity contribution in [2.24, 2.45) is 0 Å². The first kappa shape index (κ1) is 16.7. The number of aromatic nitrogens is 1. The van der Waals surface area contributed by atoms with Crippen molar-refractivity contribution in [2.75, 3.05) is 7.11 Å². The molecule has 2 fully saturated rings. The molecule has 2 unspecified atom stereocenters. The molecule has 128 valence electrons. The summed E-state index contributed by atoms with van der Waals surface area (Å²) in [5.74, 6) is -0.510. The van der Waals surface area contributed by atoms with Gasteiger partial charge in [0, 0.05) is 33.1 Å². The molecule has 0 amide bonds. The van der Waals surface area contributed by atoms with Gasteiger partial charge in [0.05, 0.1) is 12.7 Å². The molecule has 3 heterocycles. The summed E-state index contributed by atoms with van der Waals surface area (Å²) in [5, 5.41) is 10.6. The molecule has 2 bridgehead atoms. The summed E-state index contributed by atoms with van der Waals surface area (Å²) in [6.45, 7) is 0. The second kappa shape index (κ2) is 5.73. The minimum atomic E-state index is -4.61. The van der Waals surface area contributed by atoms with Crippen LogP contribution in [0.15, 0.2) is 12.3 Å². The predicted molar refractivity (Wildman–Crippen MR) is 78.5 cm³/mol. The Labute approximate surface area is 134 Å². The van der Waals surface area contributed by atoms with E-state index in [-0.39, 0.29) is 28.9 Å². The largest absolute Gasteiger partial charge is 0.481 e. The first-order valence-electron chi connectivity index (χ1n) is 7.48. The van der Waals surface area contributed by atoms with Gasteiger partial charge in [0.15, 0.2) is 0 Å². The normalized spacial score (nSPS) is 34.2. The summed E-state index contributed by atoms with van der Waals surface area (Å²) >= 11 is 0. The minimum Gasteiger partial charge on any atom is -0.481 e. The van der Waals surface area contributed by atoms with E-state index in [1.54, 1.807) is 0 Å². The van der Waals surface area contributed by atoms with E-state index < -0.39 is 34.0 Å². The topological polar surface area (TPSA) is 59.4 Å². The molecule has 2 saturated heterocycles. The molecule has 0 radical (unpaired) electrons. The monoisotopic (exact) mass is 349 g/mol. The number of ether oxygens (including phenoxy) is 1. The SMILES string of the molecule is COc1ncc(C2(O)CC3CCCC(C2)S3=O)cc1C(F)(F)F. The van der Waals surface area contributed by atoms with Gasteiger partial charge in [-0.1, -0.05) is 6.42 Å². The Bertz CT molecular complexity index is 619. The molecular weight excluding hydrogens is 331 g/mol. The molecule has 1 aromatic heterocycles.